The summed E-state index contributed by atoms with van der Waals surface area (Å²) in [5.41, 5.74) is 0.516. The molecule has 1 amide bonds. The average Bonchev–Trinajstić information content (AvgIpc) is 3.19. The van der Waals surface area contributed by atoms with Crippen molar-refractivity contribution < 1.29 is 27.6 Å². The van der Waals surface area contributed by atoms with Crippen LogP contribution in [-0.4, -0.2) is 57.6 Å². The third-order valence-electron chi connectivity index (χ3n) is 6.18. The molecular weight excluding hydrogens is 483 g/mol. The maximum atomic E-state index is 13.1. The Kier molecular flexibility index (Phi) is 7.52. The fourth-order valence-corrected chi connectivity index (χ4v) is 4.33. The zero-order valence-corrected chi connectivity index (χ0v) is 19.5. The molecule has 1 aliphatic heterocycles. The Bertz CT molecular complexity index is 1180. The summed E-state index contributed by atoms with van der Waals surface area (Å²) >= 11 is 0. The highest BCUT2D eigenvalue weighted by Gasteiger charge is 2.37. The monoisotopic (exact) mass is 509 g/mol. The first-order chi connectivity index (χ1) is 17.1. The third-order valence-corrected chi connectivity index (χ3v) is 6.18. The lowest BCUT2D eigenvalue weighted by molar-refractivity contribution is -0.138. The van der Waals surface area contributed by atoms with Crippen LogP contribution in [0, 0.1) is 5.92 Å². The van der Waals surface area contributed by atoms with Crippen LogP contribution in [0.3, 0.4) is 0 Å². The fraction of sp³-hybridized carbons (Fsp3) is 0.545. The van der Waals surface area contributed by atoms with E-state index in [-0.39, 0.29) is 30.6 Å². The predicted molar refractivity (Wildman–Crippen MR) is 121 cm³/mol. The summed E-state index contributed by atoms with van der Waals surface area (Å²) in [6, 6.07) is -0.652. The number of aromatic nitrogens is 4. The topological polar surface area (TPSA) is 142 Å². The molecule has 36 heavy (non-hydrogen) atoms. The van der Waals surface area contributed by atoms with Crippen molar-refractivity contribution in [2.24, 2.45) is 5.92 Å². The van der Waals surface area contributed by atoms with Gasteiger partial charge in [0, 0.05) is 38.2 Å². The molecule has 0 bridgehead atoms. The Balaban J connectivity index is 1.19. The van der Waals surface area contributed by atoms with Crippen molar-refractivity contribution in [2.45, 2.75) is 51.2 Å². The van der Waals surface area contributed by atoms with Gasteiger partial charge in [0.15, 0.2) is 5.78 Å². The Morgan fingerprint density at radius 1 is 1.25 bits per heavy atom. The van der Waals surface area contributed by atoms with Gasteiger partial charge in [0.25, 0.3) is 5.56 Å². The maximum absolute atomic E-state index is 13.1. The van der Waals surface area contributed by atoms with Crippen LogP contribution < -0.4 is 21.3 Å². The molecule has 0 unspecified atom stereocenters. The maximum Gasteiger partial charge on any atom is 0.423 e. The first-order valence-electron chi connectivity index (χ1n) is 11.6. The second-order valence-corrected chi connectivity index (χ2v) is 8.96. The van der Waals surface area contributed by atoms with Crippen molar-refractivity contribution in [1.29, 1.82) is 0 Å². The number of fused-ring (bicyclic) bond motifs is 1. The zero-order valence-electron chi connectivity index (χ0n) is 19.5. The van der Waals surface area contributed by atoms with Gasteiger partial charge >= 0.3 is 6.18 Å². The number of hydroxylamine groups is 1. The van der Waals surface area contributed by atoms with Crippen molar-refractivity contribution in [3.05, 3.63) is 39.6 Å². The van der Waals surface area contributed by atoms with Crippen LogP contribution in [0.1, 0.15) is 54.2 Å². The number of hydrogen-bond donors (Lipinski definition) is 3. The molecular formula is C22H26F3N7O4. The number of nitrogens with one attached hydrogen (secondary N) is 3. The van der Waals surface area contributed by atoms with E-state index >= 15 is 0 Å². The minimum absolute atomic E-state index is 0.0760. The molecule has 194 valence electrons. The van der Waals surface area contributed by atoms with Crippen LogP contribution in [0.4, 0.5) is 24.8 Å². The number of piperidine rings is 1. The largest absolute Gasteiger partial charge is 0.423 e. The first-order valence-corrected chi connectivity index (χ1v) is 11.6. The summed E-state index contributed by atoms with van der Waals surface area (Å²) in [6.07, 6.45) is 0.467. The Hall–Kier alpha value is -3.55. The Labute approximate surface area is 203 Å². The molecule has 4 rings (SSSR count). The molecule has 3 heterocycles. The zero-order chi connectivity index (χ0) is 25.9. The van der Waals surface area contributed by atoms with E-state index in [2.05, 4.69) is 25.9 Å². The van der Waals surface area contributed by atoms with Crippen molar-refractivity contribution >= 4 is 23.3 Å². The standard InChI is InChI=1S/C22H26F3N7O4/c1-12(28-16-10-27-30-20(35)19(16)22(23,24)25)11-36-31-18(34)8-13-4-6-32(7-5-13)21-26-9-14-15(29-21)2-3-17(14)33/h9-10,12-13H,2-8,11H2,1H3,(H,31,34)(H2,28,30,35)/t12-/m0/s1. The number of hydrogen-bond acceptors (Lipinski definition) is 9. The second kappa shape index (κ2) is 10.6. The highest BCUT2D eigenvalue weighted by Crippen LogP contribution is 2.31. The molecule has 0 radical (unpaired) electrons. The minimum atomic E-state index is -4.85. The molecule has 1 saturated heterocycles. The summed E-state index contributed by atoms with van der Waals surface area (Å²) < 4.78 is 39.4. The lowest BCUT2D eigenvalue weighted by Gasteiger charge is -2.31. The van der Waals surface area contributed by atoms with E-state index < -0.39 is 29.0 Å². The van der Waals surface area contributed by atoms with Gasteiger partial charge in [0.1, 0.15) is 5.56 Å². The summed E-state index contributed by atoms with van der Waals surface area (Å²) in [7, 11) is 0. The van der Waals surface area contributed by atoms with Crippen LogP contribution in [0.15, 0.2) is 17.2 Å². The van der Waals surface area contributed by atoms with E-state index in [1.165, 1.54) is 0 Å². The van der Waals surface area contributed by atoms with Crippen LogP contribution in [0.5, 0.6) is 0 Å². The van der Waals surface area contributed by atoms with Gasteiger partial charge in [-0.05, 0) is 32.1 Å². The number of carbonyl (C=O) groups excluding carboxylic acids is 2. The molecule has 2 aromatic rings. The van der Waals surface area contributed by atoms with Crippen molar-refractivity contribution in [1.82, 2.24) is 25.6 Å². The van der Waals surface area contributed by atoms with Gasteiger partial charge in [0.2, 0.25) is 11.9 Å². The van der Waals surface area contributed by atoms with Gasteiger partial charge in [-0.3, -0.25) is 19.2 Å². The van der Waals surface area contributed by atoms with Gasteiger partial charge in [-0.25, -0.2) is 20.5 Å². The van der Waals surface area contributed by atoms with E-state index in [0.717, 1.165) is 24.7 Å². The number of Topliss-reactive ketones (excluding diaryl/α,β-unsaturated/α-hetero) is 1. The van der Waals surface area contributed by atoms with Crippen LogP contribution >= 0.6 is 0 Å². The lowest BCUT2D eigenvalue weighted by atomic mass is 9.93. The minimum Gasteiger partial charge on any atom is -0.378 e. The summed E-state index contributed by atoms with van der Waals surface area (Å²) in [6.45, 7) is 2.77. The quantitative estimate of drug-likeness (QED) is 0.455. The molecule has 1 fully saturated rings. The molecule has 0 spiro atoms. The number of aryl methyl sites for hydroxylation is 1. The highest BCUT2D eigenvalue weighted by atomic mass is 19.4. The number of anilines is 2. The number of rotatable bonds is 8. The predicted octanol–water partition coefficient (Wildman–Crippen LogP) is 1.86. The molecule has 2 aromatic heterocycles. The van der Waals surface area contributed by atoms with Crippen LogP contribution in [0.2, 0.25) is 0 Å². The number of aromatic amines is 1. The Morgan fingerprint density at radius 2 is 2.00 bits per heavy atom. The van der Waals surface area contributed by atoms with Gasteiger partial charge in [0.05, 0.1) is 29.7 Å². The summed E-state index contributed by atoms with van der Waals surface area (Å²) in [4.78, 5) is 51.6. The molecule has 1 atom stereocenters. The molecule has 2 aliphatic rings. The van der Waals surface area contributed by atoms with Crippen LogP contribution in [0.25, 0.3) is 0 Å². The van der Waals surface area contributed by atoms with E-state index in [1.54, 1.807) is 18.2 Å². The highest BCUT2D eigenvalue weighted by molar-refractivity contribution is 5.99. The van der Waals surface area contributed by atoms with E-state index in [1.807, 2.05) is 4.90 Å². The molecule has 3 N–H and O–H groups in total. The second-order valence-electron chi connectivity index (χ2n) is 8.96. The molecule has 14 heteroatoms. The average molecular weight is 509 g/mol. The number of halogens is 3. The molecule has 0 aromatic carbocycles. The number of alkyl halides is 3. The lowest BCUT2D eigenvalue weighted by Crippen LogP contribution is -2.37. The van der Waals surface area contributed by atoms with Gasteiger partial charge in [-0.2, -0.15) is 18.3 Å². The molecule has 11 nitrogen and oxygen atoms in total. The van der Waals surface area contributed by atoms with E-state index in [9.17, 15) is 27.6 Å². The van der Waals surface area contributed by atoms with Crippen molar-refractivity contribution in [3.63, 3.8) is 0 Å². The van der Waals surface area contributed by atoms with Crippen molar-refractivity contribution in [3.8, 4) is 0 Å². The number of carbonyl (C=O) groups is 2. The number of ketones is 1. The first kappa shape index (κ1) is 25.5. The van der Waals surface area contributed by atoms with Gasteiger partial charge in [-0.15, -0.1) is 0 Å². The third kappa shape index (κ3) is 5.98. The van der Waals surface area contributed by atoms with Crippen molar-refractivity contribution in [2.75, 3.05) is 29.9 Å². The van der Waals surface area contributed by atoms with Crippen LogP contribution in [-0.2, 0) is 22.2 Å². The van der Waals surface area contributed by atoms with Gasteiger partial charge < -0.3 is 10.2 Å². The number of H-pyrrole nitrogens is 1. The normalized spacial score (nSPS) is 17.1. The van der Waals surface area contributed by atoms with Gasteiger partial charge in [-0.1, -0.05) is 0 Å². The SMILES string of the molecule is C[C@@H](CONC(=O)CC1CCN(c2ncc3c(n2)CCC3=O)CC1)Nc1cn[nH]c(=O)c1C(F)(F)F. The Morgan fingerprint density at radius 3 is 2.72 bits per heavy atom. The van der Waals surface area contributed by atoms with E-state index in [0.29, 0.717) is 37.4 Å². The number of amides is 1. The summed E-state index contributed by atoms with van der Waals surface area (Å²) in [5, 5.41) is 7.69. The summed E-state index contributed by atoms with van der Waals surface area (Å²) in [5.74, 6) is 0.474. The van der Waals surface area contributed by atoms with E-state index in [4.69, 9.17) is 4.84 Å². The molecule has 0 saturated carbocycles. The fourth-order valence-electron chi connectivity index (χ4n) is 4.33. The smallest absolute Gasteiger partial charge is 0.378 e. The molecule has 1 aliphatic carbocycles. The number of nitrogens with zero attached hydrogens (tertiary/aromatic N) is 4.